The molecule has 0 aliphatic carbocycles. The Morgan fingerprint density at radius 2 is 1.93 bits per heavy atom. The zero-order valence-corrected chi connectivity index (χ0v) is 17.5. The Morgan fingerprint density at radius 3 is 2.60 bits per heavy atom. The molecule has 1 N–H and O–H groups in total. The Bertz CT molecular complexity index is 1050. The van der Waals surface area contributed by atoms with E-state index in [1.807, 2.05) is 24.3 Å². The molecule has 1 atom stereocenters. The van der Waals surface area contributed by atoms with Crippen molar-refractivity contribution in [2.24, 2.45) is 0 Å². The molecule has 1 saturated heterocycles. The Morgan fingerprint density at radius 1 is 1.17 bits per heavy atom. The van der Waals surface area contributed by atoms with Crippen molar-refractivity contribution < 1.29 is 19.4 Å². The fourth-order valence-corrected chi connectivity index (χ4v) is 4.88. The molecule has 0 saturated carbocycles. The van der Waals surface area contributed by atoms with Gasteiger partial charge in [0.25, 0.3) is 0 Å². The highest BCUT2D eigenvalue weighted by molar-refractivity contribution is 8.03. The first-order valence-electron chi connectivity index (χ1n) is 9.39. The topological polar surface area (TPSA) is 86.0 Å². The number of anilines is 1. The van der Waals surface area contributed by atoms with Crippen molar-refractivity contribution in [3.63, 3.8) is 0 Å². The molecule has 0 unspecified atom stereocenters. The zero-order valence-electron chi connectivity index (χ0n) is 16.7. The fourth-order valence-electron chi connectivity index (χ4n) is 3.71. The molecule has 2 aliphatic rings. The van der Waals surface area contributed by atoms with Crippen molar-refractivity contribution in [2.75, 3.05) is 31.7 Å². The third kappa shape index (κ3) is 3.53. The van der Waals surface area contributed by atoms with Gasteiger partial charge in [0, 0.05) is 18.0 Å². The van der Waals surface area contributed by atoms with Crippen LogP contribution in [-0.4, -0.2) is 42.7 Å². The number of thioether (sulfide) groups is 1. The van der Waals surface area contributed by atoms with E-state index < -0.39 is 0 Å². The number of benzene rings is 2. The smallest absolute Gasteiger partial charge is 0.229 e. The number of methoxy groups -OCH3 is 2. The average molecular weight is 423 g/mol. The molecule has 1 fully saturated rings. The number of hydrogen-bond donors (Lipinski definition) is 1. The van der Waals surface area contributed by atoms with Gasteiger partial charge >= 0.3 is 0 Å². The van der Waals surface area contributed by atoms with Crippen LogP contribution in [0.5, 0.6) is 17.2 Å². The van der Waals surface area contributed by atoms with E-state index in [0.29, 0.717) is 28.9 Å². The maximum absolute atomic E-state index is 13.0. The number of nitriles is 1. The molecular formula is C22H21N3O4S. The molecule has 7 nitrogen and oxygen atoms in total. The molecule has 2 heterocycles. The maximum Gasteiger partial charge on any atom is 0.229 e. The summed E-state index contributed by atoms with van der Waals surface area (Å²) < 4.78 is 10.4. The zero-order chi connectivity index (χ0) is 21.3. The number of rotatable bonds is 4. The van der Waals surface area contributed by atoms with E-state index in [9.17, 15) is 15.2 Å². The van der Waals surface area contributed by atoms with Gasteiger partial charge in [0.15, 0.2) is 11.5 Å². The molecule has 2 aromatic carbocycles. The van der Waals surface area contributed by atoms with E-state index in [0.717, 1.165) is 17.0 Å². The van der Waals surface area contributed by atoms with Gasteiger partial charge in [-0.05, 0) is 42.0 Å². The van der Waals surface area contributed by atoms with Crippen LogP contribution in [0, 0.1) is 11.3 Å². The molecule has 2 aliphatic heterocycles. The Kier molecular flexibility index (Phi) is 5.46. The molecule has 0 spiro atoms. The SMILES string of the molecule is COc1ccc(N2CSC3=C(C#N)[C@@H](c4ccc(O)c(OC)c4)CC(=O)N3C2)cc1. The second-order valence-electron chi connectivity index (χ2n) is 6.99. The number of phenolic OH excluding ortho intramolecular Hbond substituents is 1. The van der Waals surface area contributed by atoms with Crippen molar-refractivity contribution in [3.05, 3.63) is 58.6 Å². The number of allylic oxidation sites excluding steroid dienone is 1. The number of ether oxygens (including phenoxy) is 2. The van der Waals surface area contributed by atoms with Crippen molar-refractivity contribution in [1.82, 2.24) is 4.90 Å². The summed E-state index contributed by atoms with van der Waals surface area (Å²) in [4.78, 5) is 16.8. The monoisotopic (exact) mass is 423 g/mol. The van der Waals surface area contributed by atoms with Gasteiger partial charge in [-0.15, -0.1) is 0 Å². The van der Waals surface area contributed by atoms with Gasteiger partial charge in [-0.25, -0.2) is 0 Å². The number of aromatic hydroxyl groups is 1. The highest BCUT2D eigenvalue weighted by Crippen LogP contribution is 2.44. The first kappa shape index (κ1) is 20.0. The van der Waals surface area contributed by atoms with E-state index >= 15 is 0 Å². The van der Waals surface area contributed by atoms with Crippen molar-refractivity contribution in [3.8, 4) is 23.3 Å². The summed E-state index contributed by atoms with van der Waals surface area (Å²) >= 11 is 1.48. The number of hydrogen-bond acceptors (Lipinski definition) is 7. The predicted molar refractivity (Wildman–Crippen MR) is 114 cm³/mol. The van der Waals surface area contributed by atoms with Crippen LogP contribution in [0.3, 0.4) is 0 Å². The summed E-state index contributed by atoms with van der Waals surface area (Å²) in [6.45, 7) is 0.393. The number of phenols is 1. The lowest BCUT2D eigenvalue weighted by Gasteiger charge is -2.42. The van der Waals surface area contributed by atoms with Gasteiger partial charge < -0.3 is 19.5 Å². The molecule has 30 heavy (non-hydrogen) atoms. The Labute approximate surface area is 179 Å². The van der Waals surface area contributed by atoms with Gasteiger partial charge in [0.2, 0.25) is 5.91 Å². The van der Waals surface area contributed by atoms with Crippen molar-refractivity contribution in [1.29, 1.82) is 5.26 Å². The lowest BCUT2D eigenvalue weighted by molar-refractivity contribution is -0.129. The first-order chi connectivity index (χ1) is 14.5. The second kappa shape index (κ2) is 8.20. The molecule has 4 rings (SSSR count). The molecule has 8 heteroatoms. The van der Waals surface area contributed by atoms with Gasteiger partial charge in [0.05, 0.1) is 43.4 Å². The first-order valence-corrected chi connectivity index (χ1v) is 10.4. The minimum atomic E-state index is -0.358. The van der Waals surface area contributed by atoms with Crippen LogP contribution < -0.4 is 14.4 Å². The Balaban J connectivity index is 1.64. The van der Waals surface area contributed by atoms with Crippen LogP contribution in [0.15, 0.2) is 53.1 Å². The molecule has 0 aromatic heterocycles. The van der Waals surface area contributed by atoms with Crippen LogP contribution in [0.1, 0.15) is 17.9 Å². The standard InChI is InChI=1S/C22H21N3O4S/c1-28-16-6-4-15(5-7-16)24-12-25-21(27)10-17(18(11-23)22(25)30-13-24)14-3-8-19(26)20(9-14)29-2/h3-9,17,26H,10,12-13H2,1-2H3/t17-/m1/s1. The maximum atomic E-state index is 13.0. The number of nitrogens with zero attached hydrogens (tertiary/aromatic N) is 3. The number of fused-ring (bicyclic) bond motifs is 1. The number of carbonyl (C=O) groups is 1. The third-order valence-corrected chi connectivity index (χ3v) is 6.49. The van der Waals surface area contributed by atoms with Gasteiger partial charge in [-0.3, -0.25) is 9.69 Å². The minimum absolute atomic E-state index is 0.0262. The van der Waals surface area contributed by atoms with Crippen LogP contribution >= 0.6 is 11.8 Å². The van der Waals surface area contributed by atoms with Gasteiger partial charge in [-0.2, -0.15) is 5.26 Å². The third-order valence-electron chi connectivity index (χ3n) is 5.34. The van der Waals surface area contributed by atoms with Crippen LogP contribution in [0.2, 0.25) is 0 Å². The van der Waals surface area contributed by atoms with E-state index in [2.05, 4.69) is 11.0 Å². The summed E-state index contributed by atoms with van der Waals surface area (Å²) in [6.07, 6.45) is 0.192. The molecule has 2 aromatic rings. The van der Waals surface area contributed by atoms with Crippen molar-refractivity contribution in [2.45, 2.75) is 12.3 Å². The summed E-state index contributed by atoms with van der Waals surface area (Å²) in [5, 5.41) is 20.5. The summed E-state index contributed by atoms with van der Waals surface area (Å²) in [5.74, 6) is 1.36. The summed E-state index contributed by atoms with van der Waals surface area (Å²) in [6, 6.07) is 15.0. The van der Waals surface area contributed by atoms with Crippen molar-refractivity contribution >= 4 is 23.4 Å². The molecule has 1 amide bonds. The minimum Gasteiger partial charge on any atom is -0.504 e. The van der Waals surface area contributed by atoms with E-state index in [1.54, 1.807) is 24.1 Å². The van der Waals surface area contributed by atoms with Crippen LogP contribution in [0.4, 0.5) is 5.69 Å². The predicted octanol–water partition coefficient (Wildman–Crippen LogP) is 3.63. The largest absolute Gasteiger partial charge is 0.504 e. The lowest BCUT2D eigenvalue weighted by atomic mass is 9.86. The van der Waals surface area contributed by atoms with Crippen LogP contribution in [-0.2, 0) is 4.79 Å². The lowest BCUT2D eigenvalue weighted by Crippen LogP contribution is -2.47. The molecular weight excluding hydrogens is 402 g/mol. The normalized spacial score (nSPS) is 18.7. The second-order valence-corrected chi connectivity index (χ2v) is 7.93. The van der Waals surface area contributed by atoms with Crippen LogP contribution in [0.25, 0.3) is 0 Å². The van der Waals surface area contributed by atoms with E-state index in [1.165, 1.54) is 24.9 Å². The van der Waals surface area contributed by atoms with E-state index in [-0.39, 0.29) is 24.0 Å². The summed E-state index contributed by atoms with van der Waals surface area (Å²) in [7, 11) is 3.10. The molecule has 0 bridgehead atoms. The number of amides is 1. The fraction of sp³-hybridized carbons (Fsp3) is 0.273. The average Bonchev–Trinajstić information content (AvgIpc) is 2.79. The highest BCUT2D eigenvalue weighted by Gasteiger charge is 2.38. The van der Waals surface area contributed by atoms with Gasteiger partial charge in [0.1, 0.15) is 5.75 Å². The molecule has 154 valence electrons. The number of carbonyl (C=O) groups excluding carboxylic acids is 1. The Hall–Kier alpha value is -3.31. The highest BCUT2D eigenvalue weighted by atomic mass is 32.2. The summed E-state index contributed by atoms with van der Waals surface area (Å²) in [5.41, 5.74) is 2.33. The molecule has 0 radical (unpaired) electrons. The quantitative estimate of drug-likeness (QED) is 0.804. The van der Waals surface area contributed by atoms with E-state index in [4.69, 9.17) is 9.47 Å². The van der Waals surface area contributed by atoms with Gasteiger partial charge in [-0.1, -0.05) is 17.8 Å².